The Bertz CT molecular complexity index is 3020. The maximum atomic E-state index is 6.86. The Balaban J connectivity index is 1.36. The topological polar surface area (TPSA) is 24.9 Å². The van der Waals surface area contributed by atoms with Gasteiger partial charge in [0, 0.05) is 44.3 Å². The van der Waals surface area contributed by atoms with Crippen molar-refractivity contribution in [3.63, 3.8) is 0 Å². The predicted molar refractivity (Wildman–Crippen MR) is 308 cm³/mol. The first-order valence-corrected chi connectivity index (χ1v) is 26.2. The minimum atomic E-state index is -0.00848. The molecule has 9 aromatic carbocycles. The summed E-state index contributed by atoms with van der Waals surface area (Å²) in [5.41, 5.74) is 14.0. The number of rotatable bonds is 16. The lowest BCUT2D eigenvalue weighted by molar-refractivity contribution is 0.483. The Kier molecular flexibility index (Phi) is 14.6. The Morgan fingerprint density at radius 1 is 0.347 bits per heavy atom. The number of unbranched alkanes of at least 4 members (excludes halogenated alkanes) is 2. The smallest absolute Gasteiger partial charge is 0.128 e. The van der Waals surface area contributed by atoms with Crippen molar-refractivity contribution in [1.29, 1.82) is 0 Å². The molecule has 0 heterocycles. The molecule has 366 valence electrons. The minimum absolute atomic E-state index is 0.00848. The summed E-state index contributed by atoms with van der Waals surface area (Å²) in [6, 6.07) is 66.7. The van der Waals surface area contributed by atoms with Crippen LogP contribution in [0.25, 0.3) is 21.5 Å². The lowest BCUT2D eigenvalue weighted by Crippen LogP contribution is -2.16. The fourth-order valence-electron chi connectivity index (χ4n) is 9.66. The third-order valence-corrected chi connectivity index (χ3v) is 14.0. The fraction of sp³-hybridized carbons (Fsp3) is 0.265. The molecule has 0 radical (unpaired) electrons. The van der Waals surface area contributed by atoms with Gasteiger partial charge in [0.25, 0.3) is 0 Å². The highest BCUT2D eigenvalue weighted by Crippen LogP contribution is 2.53. The van der Waals surface area contributed by atoms with Crippen molar-refractivity contribution in [2.45, 2.75) is 119 Å². The molecule has 0 fully saturated rings. The van der Waals surface area contributed by atoms with E-state index in [0.717, 1.165) is 91.5 Å². The first-order valence-electron chi connectivity index (χ1n) is 26.2. The molecule has 0 aliphatic heterocycles. The summed E-state index contributed by atoms with van der Waals surface area (Å²) in [6.45, 7) is 22.4. The van der Waals surface area contributed by atoms with Crippen LogP contribution in [0.2, 0.25) is 0 Å². The van der Waals surface area contributed by atoms with Gasteiger partial charge in [0.15, 0.2) is 0 Å². The Morgan fingerprint density at radius 2 is 0.653 bits per heavy atom. The standard InChI is InChI=1S/C68H72N2O2/c1-11-13-15-49-21-37-57(38-22-49)71-59-41-43-61-63(45-59)65(69(53-29-17-47(3)18-30-53)55-33-25-51(26-34-55)67(5,6)7)62-44-42-60(72-58-39-23-50(24-40-58)16-14-12-2)46-64(62)66(61)70(54-31-19-48(4)20-32-54)56-35-27-52(28-36-56)68(8,9)10/h17-46H,11-16H2,1-10H3. The van der Waals surface area contributed by atoms with Gasteiger partial charge in [-0.05, 0) is 182 Å². The van der Waals surface area contributed by atoms with Crippen LogP contribution < -0.4 is 19.3 Å². The normalized spacial score (nSPS) is 11.8. The summed E-state index contributed by atoms with van der Waals surface area (Å²) in [5, 5.41) is 4.24. The Labute approximate surface area is 429 Å². The second-order valence-electron chi connectivity index (χ2n) is 21.7. The number of nitrogens with zero attached hydrogens (tertiary/aromatic N) is 2. The number of fused-ring (bicyclic) bond motifs is 2. The van der Waals surface area contributed by atoms with Crippen LogP contribution in [0.4, 0.5) is 34.1 Å². The molecular formula is C68H72N2O2. The van der Waals surface area contributed by atoms with Crippen LogP contribution >= 0.6 is 0 Å². The third kappa shape index (κ3) is 11.1. The summed E-state index contributed by atoms with van der Waals surface area (Å²) in [7, 11) is 0. The second-order valence-corrected chi connectivity index (χ2v) is 21.7. The van der Waals surface area contributed by atoms with E-state index in [1.165, 1.54) is 59.1 Å². The number of aryl methyl sites for hydroxylation is 4. The lowest BCUT2D eigenvalue weighted by Gasteiger charge is -2.33. The molecule has 0 aliphatic rings. The fourth-order valence-corrected chi connectivity index (χ4v) is 9.66. The van der Waals surface area contributed by atoms with Gasteiger partial charge in [0.05, 0.1) is 11.4 Å². The average Bonchev–Trinajstić information content (AvgIpc) is 3.37. The van der Waals surface area contributed by atoms with E-state index < -0.39 is 0 Å². The molecule has 0 aliphatic carbocycles. The largest absolute Gasteiger partial charge is 0.457 e. The van der Waals surface area contributed by atoms with E-state index in [4.69, 9.17) is 9.47 Å². The first-order chi connectivity index (χ1) is 34.7. The van der Waals surface area contributed by atoms with Crippen LogP contribution in [-0.2, 0) is 23.7 Å². The monoisotopic (exact) mass is 949 g/mol. The van der Waals surface area contributed by atoms with Gasteiger partial charge >= 0.3 is 0 Å². The van der Waals surface area contributed by atoms with E-state index in [1.54, 1.807) is 0 Å². The van der Waals surface area contributed by atoms with Crippen molar-refractivity contribution in [3.05, 3.63) is 215 Å². The molecule has 0 spiro atoms. The third-order valence-electron chi connectivity index (χ3n) is 14.0. The van der Waals surface area contributed by atoms with E-state index in [1.807, 2.05) is 0 Å². The van der Waals surface area contributed by atoms with Crippen molar-refractivity contribution in [3.8, 4) is 23.0 Å². The molecule has 0 unspecified atom stereocenters. The minimum Gasteiger partial charge on any atom is -0.457 e. The van der Waals surface area contributed by atoms with Gasteiger partial charge < -0.3 is 19.3 Å². The Morgan fingerprint density at radius 3 is 0.958 bits per heavy atom. The van der Waals surface area contributed by atoms with Gasteiger partial charge in [-0.3, -0.25) is 0 Å². The van der Waals surface area contributed by atoms with Crippen LogP contribution in [-0.4, -0.2) is 0 Å². The highest BCUT2D eigenvalue weighted by molar-refractivity contribution is 6.23. The van der Waals surface area contributed by atoms with Crippen molar-refractivity contribution in [2.75, 3.05) is 9.80 Å². The van der Waals surface area contributed by atoms with Gasteiger partial charge in [-0.1, -0.05) is 152 Å². The number of ether oxygens (including phenoxy) is 2. The van der Waals surface area contributed by atoms with E-state index in [0.29, 0.717) is 0 Å². The van der Waals surface area contributed by atoms with E-state index in [-0.39, 0.29) is 10.8 Å². The zero-order chi connectivity index (χ0) is 50.6. The summed E-state index contributed by atoms with van der Waals surface area (Å²) in [4.78, 5) is 4.88. The average molecular weight is 949 g/mol. The lowest BCUT2D eigenvalue weighted by atomic mass is 9.87. The molecule has 4 heteroatoms. The number of hydrogen-bond acceptors (Lipinski definition) is 4. The highest BCUT2D eigenvalue weighted by Gasteiger charge is 2.28. The van der Waals surface area contributed by atoms with Crippen molar-refractivity contribution in [1.82, 2.24) is 0 Å². The first kappa shape index (κ1) is 49.7. The molecule has 0 atom stereocenters. The zero-order valence-corrected chi connectivity index (χ0v) is 44.3. The molecule has 72 heavy (non-hydrogen) atoms. The van der Waals surface area contributed by atoms with Gasteiger partial charge in [0.2, 0.25) is 0 Å². The van der Waals surface area contributed by atoms with Crippen molar-refractivity contribution < 1.29 is 9.47 Å². The van der Waals surface area contributed by atoms with Crippen molar-refractivity contribution >= 4 is 55.7 Å². The zero-order valence-electron chi connectivity index (χ0n) is 44.3. The van der Waals surface area contributed by atoms with Crippen LogP contribution in [0.1, 0.15) is 114 Å². The highest BCUT2D eigenvalue weighted by atomic mass is 16.5. The number of benzene rings is 9. The van der Waals surface area contributed by atoms with E-state index >= 15 is 0 Å². The van der Waals surface area contributed by atoms with Crippen molar-refractivity contribution in [2.24, 2.45) is 0 Å². The van der Waals surface area contributed by atoms with Crippen LogP contribution in [0.5, 0.6) is 23.0 Å². The summed E-state index contributed by atoms with van der Waals surface area (Å²) in [6.07, 6.45) is 6.79. The molecule has 0 bridgehead atoms. The van der Waals surface area contributed by atoms with E-state index in [9.17, 15) is 0 Å². The Hall–Kier alpha value is -7.30. The quantitative estimate of drug-likeness (QED) is 0.0712. The summed E-state index contributed by atoms with van der Waals surface area (Å²) >= 11 is 0. The molecule has 0 amide bonds. The predicted octanol–water partition coefficient (Wildman–Crippen LogP) is 20.4. The van der Waals surface area contributed by atoms with Crippen LogP contribution in [0, 0.1) is 13.8 Å². The maximum absolute atomic E-state index is 6.86. The summed E-state index contributed by atoms with van der Waals surface area (Å²) in [5.74, 6) is 3.15. The van der Waals surface area contributed by atoms with Crippen LogP contribution in [0.15, 0.2) is 182 Å². The molecule has 0 saturated heterocycles. The SMILES string of the molecule is CCCCc1ccc(Oc2ccc3c(N(c4ccc(C)cc4)c4ccc(C(C)(C)C)cc4)c4cc(Oc5ccc(CCCC)cc5)ccc4c(N(c4ccc(C)cc4)c4ccc(C(C)(C)C)cc4)c3c2)cc1. The molecule has 9 aromatic rings. The molecule has 9 rings (SSSR count). The molecule has 0 N–H and O–H groups in total. The van der Waals surface area contributed by atoms with Gasteiger partial charge in [-0.2, -0.15) is 0 Å². The second kappa shape index (κ2) is 21.2. The molecule has 0 aromatic heterocycles. The molecule has 4 nitrogen and oxygen atoms in total. The van der Waals surface area contributed by atoms with Gasteiger partial charge in [-0.25, -0.2) is 0 Å². The van der Waals surface area contributed by atoms with Gasteiger partial charge in [-0.15, -0.1) is 0 Å². The molecular weight excluding hydrogens is 877 g/mol. The van der Waals surface area contributed by atoms with Crippen LogP contribution in [0.3, 0.4) is 0 Å². The maximum Gasteiger partial charge on any atom is 0.128 e. The number of hydrogen-bond donors (Lipinski definition) is 0. The summed E-state index contributed by atoms with van der Waals surface area (Å²) < 4.78 is 13.7. The van der Waals surface area contributed by atoms with Gasteiger partial charge in [0.1, 0.15) is 23.0 Å². The van der Waals surface area contributed by atoms with E-state index in [2.05, 4.69) is 261 Å². The number of anilines is 6. The molecule has 0 saturated carbocycles.